The molecule has 0 unspecified atom stereocenters. The highest BCUT2D eigenvalue weighted by Gasteiger charge is 2.20. The van der Waals surface area contributed by atoms with Gasteiger partial charge in [0, 0.05) is 19.9 Å². The highest BCUT2D eigenvalue weighted by molar-refractivity contribution is 5.73. The molecule has 0 saturated carbocycles. The third kappa shape index (κ3) is 2.34. The molecular weight excluding hydrogens is 192 g/mol. The van der Waals surface area contributed by atoms with E-state index >= 15 is 0 Å². The van der Waals surface area contributed by atoms with E-state index in [1.165, 1.54) is 0 Å². The Morgan fingerprint density at radius 2 is 2.00 bits per heavy atom. The molecule has 1 aliphatic rings. The Bertz CT molecular complexity index is 345. The molecule has 0 radical (unpaired) electrons. The number of carbonyl (C=O) groups is 1. The van der Waals surface area contributed by atoms with Crippen LogP contribution in [-0.2, 0) is 17.9 Å². The van der Waals surface area contributed by atoms with Crippen LogP contribution in [0.5, 0.6) is 0 Å². The molecule has 15 heavy (non-hydrogen) atoms. The van der Waals surface area contributed by atoms with Gasteiger partial charge in [0.15, 0.2) is 0 Å². The van der Waals surface area contributed by atoms with E-state index in [0.717, 1.165) is 24.6 Å². The maximum absolute atomic E-state index is 11.1. The molecule has 0 saturated heterocycles. The summed E-state index contributed by atoms with van der Waals surface area (Å²) in [5.74, 6) is 1.97. The van der Waals surface area contributed by atoms with Crippen molar-refractivity contribution in [1.29, 1.82) is 0 Å². The van der Waals surface area contributed by atoms with Crippen LogP contribution in [0.25, 0.3) is 0 Å². The molecule has 5 heteroatoms. The zero-order valence-electron chi connectivity index (χ0n) is 9.82. The van der Waals surface area contributed by atoms with Gasteiger partial charge in [0.25, 0.3) is 0 Å². The Kier molecular flexibility index (Phi) is 3.82. The lowest BCUT2D eigenvalue weighted by atomic mass is 10.3. The molecule has 0 aromatic carbocycles. The second-order valence-corrected chi connectivity index (χ2v) is 3.27. The van der Waals surface area contributed by atoms with Crippen molar-refractivity contribution in [2.24, 2.45) is 0 Å². The minimum absolute atomic E-state index is 0.110. The van der Waals surface area contributed by atoms with E-state index in [-0.39, 0.29) is 5.91 Å². The molecule has 2 rings (SSSR count). The quantitative estimate of drug-likeness (QED) is 0.641. The van der Waals surface area contributed by atoms with E-state index in [2.05, 4.69) is 10.2 Å². The van der Waals surface area contributed by atoms with E-state index < -0.39 is 0 Å². The van der Waals surface area contributed by atoms with Crippen molar-refractivity contribution in [3.63, 3.8) is 0 Å². The van der Waals surface area contributed by atoms with Crippen molar-refractivity contribution in [1.82, 2.24) is 19.7 Å². The number of nitrogens with zero attached hydrogens (tertiary/aromatic N) is 4. The molecule has 1 aromatic rings. The lowest BCUT2D eigenvalue weighted by Gasteiger charge is -2.26. The van der Waals surface area contributed by atoms with Gasteiger partial charge >= 0.3 is 0 Å². The summed E-state index contributed by atoms with van der Waals surface area (Å²) >= 11 is 0. The average Bonchev–Trinajstić information content (AvgIpc) is 2.63. The molecule has 0 spiro atoms. The molecule has 1 aromatic heterocycles. The van der Waals surface area contributed by atoms with Gasteiger partial charge in [0.2, 0.25) is 5.91 Å². The number of carbonyl (C=O) groups excluding carboxylic acids is 1. The molecule has 5 nitrogen and oxygen atoms in total. The highest BCUT2D eigenvalue weighted by atomic mass is 16.2. The first-order chi connectivity index (χ1) is 7.18. The van der Waals surface area contributed by atoms with Gasteiger partial charge in [-0.2, -0.15) is 0 Å². The van der Waals surface area contributed by atoms with E-state index in [0.29, 0.717) is 6.67 Å². The van der Waals surface area contributed by atoms with Crippen LogP contribution in [0.1, 0.15) is 32.4 Å². The first kappa shape index (κ1) is 11.7. The summed E-state index contributed by atoms with van der Waals surface area (Å²) in [5.41, 5.74) is 0. The monoisotopic (exact) mass is 210 g/mol. The summed E-state index contributed by atoms with van der Waals surface area (Å²) in [7, 11) is 0. The van der Waals surface area contributed by atoms with Gasteiger partial charge in [0.05, 0.1) is 0 Å². The van der Waals surface area contributed by atoms with Gasteiger partial charge in [-0.15, -0.1) is 10.2 Å². The number of aryl methyl sites for hydroxylation is 1. The summed E-state index contributed by atoms with van der Waals surface area (Å²) in [6, 6.07) is 0. The Morgan fingerprint density at radius 1 is 1.33 bits per heavy atom. The van der Waals surface area contributed by atoms with E-state index in [9.17, 15) is 4.79 Å². The minimum Gasteiger partial charge on any atom is -0.324 e. The Hall–Kier alpha value is -1.39. The summed E-state index contributed by atoms with van der Waals surface area (Å²) in [4.78, 5) is 12.9. The molecule has 1 amide bonds. The van der Waals surface area contributed by atoms with Gasteiger partial charge in [-0.25, -0.2) is 0 Å². The predicted molar refractivity (Wildman–Crippen MR) is 57.2 cm³/mol. The molecule has 0 N–H and O–H groups in total. The topological polar surface area (TPSA) is 51.0 Å². The maximum Gasteiger partial charge on any atom is 0.220 e. The van der Waals surface area contributed by atoms with Crippen LogP contribution in [0.2, 0.25) is 0 Å². The molecule has 1 aliphatic heterocycles. The summed E-state index contributed by atoms with van der Waals surface area (Å²) in [5, 5.41) is 7.99. The predicted octanol–water partition coefficient (Wildman–Crippen LogP) is 0.975. The fourth-order valence-corrected chi connectivity index (χ4v) is 1.53. The van der Waals surface area contributed by atoms with Crippen LogP contribution in [0.4, 0.5) is 0 Å². The lowest BCUT2D eigenvalue weighted by Crippen LogP contribution is -2.38. The standard InChI is InChI=1S/C8H12N4O.C2H6/c1-6-9-10-8-3-4-11(7(2)13)5-12(6)8;1-2/h3-5H2,1-2H3;1-2H3. The summed E-state index contributed by atoms with van der Waals surface area (Å²) in [6.07, 6.45) is 0.806. The van der Waals surface area contributed by atoms with Gasteiger partial charge in [0.1, 0.15) is 18.3 Å². The van der Waals surface area contributed by atoms with Crippen molar-refractivity contribution < 1.29 is 4.79 Å². The molecule has 0 aliphatic carbocycles. The van der Waals surface area contributed by atoms with Crippen LogP contribution >= 0.6 is 0 Å². The second-order valence-electron chi connectivity index (χ2n) is 3.27. The molecule has 0 fully saturated rings. The van der Waals surface area contributed by atoms with Crippen molar-refractivity contribution in [3.8, 4) is 0 Å². The largest absolute Gasteiger partial charge is 0.324 e. The van der Waals surface area contributed by atoms with Gasteiger partial charge in [-0.05, 0) is 6.92 Å². The summed E-state index contributed by atoms with van der Waals surface area (Å²) < 4.78 is 1.98. The number of aromatic nitrogens is 3. The number of hydrogen-bond acceptors (Lipinski definition) is 3. The van der Waals surface area contributed by atoms with E-state index in [1.807, 2.05) is 25.3 Å². The third-order valence-electron chi connectivity index (χ3n) is 2.38. The SMILES string of the molecule is CC.CC(=O)N1CCc2nnc(C)n2C1. The molecule has 2 heterocycles. The molecule has 84 valence electrons. The van der Waals surface area contributed by atoms with Gasteiger partial charge in [-0.1, -0.05) is 13.8 Å². The van der Waals surface area contributed by atoms with Crippen molar-refractivity contribution in [3.05, 3.63) is 11.6 Å². The molecule has 0 bridgehead atoms. The number of amides is 1. The van der Waals surface area contributed by atoms with Crippen molar-refractivity contribution >= 4 is 5.91 Å². The summed E-state index contributed by atoms with van der Waals surface area (Å²) in [6.45, 7) is 8.85. The normalized spacial score (nSPS) is 14.0. The average molecular weight is 210 g/mol. The first-order valence-electron chi connectivity index (χ1n) is 5.32. The Balaban J connectivity index is 0.000000531. The Morgan fingerprint density at radius 3 is 2.60 bits per heavy atom. The third-order valence-corrected chi connectivity index (χ3v) is 2.38. The number of hydrogen-bond donors (Lipinski definition) is 0. The van der Waals surface area contributed by atoms with Crippen molar-refractivity contribution in [2.75, 3.05) is 6.54 Å². The van der Waals surface area contributed by atoms with Gasteiger partial charge < -0.3 is 4.90 Å². The Labute approximate surface area is 90.1 Å². The minimum atomic E-state index is 0.110. The van der Waals surface area contributed by atoms with E-state index in [4.69, 9.17) is 0 Å². The van der Waals surface area contributed by atoms with Crippen LogP contribution in [0, 0.1) is 6.92 Å². The van der Waals surface area contributed by atoms with Crippen molar-refractivity contribution in [2.45, 2.75) is 40.8 Å². The molecule has 0 atom stereocenters. The number of rotatable bonds is 0. The first-order valence-corrected chi connectivity index (χ1v) is 5.32. The maximum atomic E-state index is 11.1. The number of fused-ring (bicyclic) bond motifs is 1. The van der Waals surface area contributed by atoms with E-state index in [1.54, 1.807) is 11.8 Å². The van der Waals surface area contributed by atoms with Crippen LogP contribution in [0.15, 0.2) is 0 Å². The smallest absolute Gasteiger partial charge is 0.220 e. The van der Waals surface area contributed by atoms with Crippen LogP contribution in [-0.4, -0.2) is 32.1 Å². The van der Waals surface area contributed by atoms with Gasteiger partial charge in [-0.3, -0.25) is 9.36 Å². The van der Waals surface area contributed by atoms with Crippen LogP contribution in [0.3, 0.4) is 0 Å². The van der Waals surface area contributed by atoms with Crippen LogP contribution < -0.4 is 0 Å². The highest BCUT2D eigenvalue weighted by Crippen LogP contribution is 2.10. The fourth-order valence-electron chi connectivity index (χ4n) is 1.53. The fraction of sp³-hybridized carbons (Fsp3) is 0.700. The zero-order valence-corrected chi connectivity index (χ0v) is 9.82. The second kappa shape index (κ2) is 4.91. The molecular formula is C10H18N4O. The lowest BCUT2D eigenvalue weighted by molar-refractivity contribution is -0.131. The zero-order chi connectivity index (χ0) is 11.4.